The van der Waals surface area contributed by atoms with Gasteiger partial charge in [0.1, 0.15) is 0 Å². The van der Waals surface area contributed by atoms with E-state index in [-0.39, 0.29) is 0 Å². The van der Waals surface area contributed by atoms with Crippen molar-refractivity contribution < 1.29 is 4.74 Å². The molecule has 0 radical (unpaired) electrons. The normalized spacial score (nSPS) is 31.5. The SMILES string of the molecule is COc1ncc(C2CC(N)CCC2C)s1. The summed E-state index contributed by atoms with van der Waals surface area (Å²) in [6.45, 7) is 2.31. The van der Waals surface area contributed by atoms with Crippen LogP contribution in [-0.2, 0) is 0 Å². The molecule has 0 aliphatic heterocycles. The molecule has 1 fully saturated rings. The molecule has 84 valence electrons. The van der Waals surface area contributed by atoms with E-state index >= 15 is 0 Å². The third-order valence-electron chi connectivity index (χ3n) is 3.28. The number of thiazole rings is 1. The molecule has 2 rings (SSSR count). The summed E-state index contributed by atoms with van der Waals surface area (Å²) in [5.74, 6) is 1.30. The molecule has 0 spiro atoms. The van der Waals surface area contributed by atoms with Crippen LogP contribution in [0.4, 0.5) is 0 Å². The largest absolute Gasteiger partial charge is 0.473 e. The van der Waals surface area contributed by atoms with E-state index in [1.807, 2.05) is 6.20 Å². The molecule has 1 saturated carbocycles. The Labute approximate surface area is 94.7 Å². The van der Waals surface area contributed by atoms with Crippen molar-refractivity contribution >= 4 is 11.3 Å². The van der Waals surface area contributed by atoms with Gasteiger partial charge in [-0.05, 0) is 31.1 Å². The van der Waals surface area contributed by atoms with Crippen LogP contribution in [0.1, 0.15) is 37.0 Å². The summed E-state index contributed by atoms with van der Waals surface area (Å²) in [5.41, 5.74) is 6.02. The van der Waals surface area contributed by atoms with Gasteiger partial charge in [-0.1, -0.05) is 18.3 Å². The van der Waals surface area contributed by atoms with Crippen molar-refractivity contribution in [3.8, 4) is 5.19 Å². The Bertz CT molecular complexity index is 326. The standard InChI is InChI=1S/C11H18N2OS/c1-7-3-4-8(12)5-9(7)10-6-13-11(14-2)15-10/h6-9H,3-5,12H2,1-2H3. The smallest absolute Gasteiger partial charge is 0.273 e. The first-order valence-corrected chi connectivity index (χ1v) is 6.27. The third-order valence-corrected chi connectivity index (χ3v) is 4.37. The summed E-state index contributed by atoms with van der Waals surface area (Å²) < 4.78 is 5.12. The van der Waals surface area contributed by atoms with Crippen molar-refractivity contribution in [2.75, 3.05) is 7.11 Å². The van der Waals surface area contributed by atoms with Crippen LogP contribution in [0.3, 0.4) is 0 Å². The molecule has 3 atom stereocenters. The second-order valence-electron chi connectivity index (χ2n) is 4.39. The molecule has 1 aromatic heterocycles. The van der Waals surface area contributed by atoms with E-state index in [1.54, 1.807) is 18.4 Å². The highest BCUT2D eigenvalue weighted by Crippen LogP contribution is 2.40. The zero-order valence-corrected chi connectivity index (χ0v) is 10.1. The molecule has 1 heterocycles. The fraction of sp³-hybridized carbons (Fsp3) is 0.727. The van der Waals surface area contributed by atoms with Crippen LogP contribution in [-0.4, -0.2) is 18.1 Å². The minimum Gasteiger partial charge on any atom is -0.473 e. The number of rotatable bonds is 2. The van der Waals surface area contributed by atoms with E-state index in [0.717, 1.165) is 24.0 Å². The Morgan fingerprint density at radius 1 is 1.53 bits per heavy atom. The maximum atomic E-state index is 6.02. The quantitative estimate of drug-likeness (QED) is 0.842. The van der Waals surface area contributed by atoms with E-state index < -0.39 is 0 Å². The number of nitrogens with zero attached hydrogens (tertiary/aromatic N) is 1. The van der Waals surface area contributed by atoms with Crippen molar-refractivity contribution in [2.24, 2.45) is 11.7 Å². The molecule has 3 nitrogen and oxygen atoms in total. The maximum absolute atomic E-state index is 6.02. The van der Waals surface area contributed by atoms with Crippen molar-refractivity contribution in [3.63, 3.8) is 0 Å². The summed E-state index contributed by atoms with van der Waals surface area (Å²) in [6.07, 6.45) is 5.43. The molecule has 2 N–H and O–H groups in total. The summed E-state index contributed by atoms with van der Waals surface area (Å²) in [4.78, 5) is 5.55. The van der Waals surface area contributed by atoms with Gasteiger partial charge in [-0.25, -0.2) is 4.98 Å². The molecule has 1 aromatic rings. The van der Waals surface area contributed by atoms with Crippen LogP contribution >= 0.6 is 11.3 Å². The maximum Gasteiger partial charge on any atom is 0.273 e. The highest BCUT2D eigenvalue weighted by molar-refractivity contribution is 7.13. The van der Waals surface area contributed by atoms with Crippen LogP contribution in [0, 0.1) is 5.92 Å². The highest BCUT2D eigenvalue weighted by Gasteiger charge is 2.28. The predicted octanol–water partition coefficient (Wildman–Crippen LogP) is 2.38. The van der Waals surface area contributed by atoms with E-state index in [0.29, 0.717) is 12.0 Å². The lowest BCUT2D eigenvalue weighted by Gasteiger charge is -2.31. The van der Waals surface area contributed by atoms with Crippen molar-refractivity contribution in [1.29, 1.82) is 0 Å². The van der Waals surface area contributed by atoms with E-state index in [9.17, 15) is 0 Å². The van der Waals surface area contributed by atoms with Gasteiger partial charge in [0.15, 0.2) is 0 Å². The molecule has 3 unspecified atom stereocenters. The van der Waals surface area contributed by atoms with Gasteiger partial charge in [0.25, 0.3) is 5.19 Å². The number of hydrogen-bond acceptors (Lipinski definition) is 4. The lowest BCUT2D eigenvalue weighted by Crippen LogP contribution is -2.30. The summed E-state index contributed by atoms with van der Waals surface area (Å²) >= 11 is 1.66. The van der Waals surface area contributed by atoms with Gasteiger partial charge >= 0.3 is 0 Å². The second-order valence-corrected chi connectivity index (χ2v) is 5.41. The molecular formula is C11H18N2OS. The zero-order valence-electron chi connectivity index (χ0n) is 9.27. The van der Waals surface area contributed by atoms with Crippen molar-refractivity contribution in [3.05, 3.63) is 11.1 Å². The van der Waals surface area contributed by atoms with Gasteiger partial charge in [-0.2, -0.15) is 0 Å². The van der Waals surface area contributed by atoms with Crippen LogP contribution in [0.5, 0.6) is 5.19 Å². The van der Waals surface area contributed by atoms with Crippen molar-refractivity contribution in [2.45, 2.75) is 38.1 Å². The van der Waals surface area contributed by atoms with Crippen molar-refractivity contribution in [1.82, 2.24) is 4.98 Å². The molecule has 0 bridgehead atoms. The molecule has 1 aliphatic carbocycles. The van der Waals surface area contributed by atoms with Crippen LogP contribution in [0.15, 0.2) is 6.20 Å². The van der Waals surface area contributed by atoms with Gasteiger partial charge in [0.2, 0.25) is 0 Å². The topological polar surface area (TPSA) is 48.1 Å². The van der Waals surface area contributed by atoms with E-state index in [4.69, 9.17) is 10.5 Å². The minimum atomic E-state index is 0.360. The first-order chi connectivity index (χ1) is 7.20. The molecule has 0 aromatic carbocycles. The number of ether oxygens (including phenoxy) is 1. The first-order valence-electron chi connectivity index (χ1n) is 5.46. The molecular weight excluding hydrogens is 208 g/mol. The number of hydrogen-bond donors (Lipinski definition) is 1. The second kappa shape index (κ2) is 4.49. The fourth-order valence-corrected chi connectivity index (χ4v) is 3.26. The number of nitrogens with two attached hydrogens (primary N) is 1. The molecule has 4 heteroatoms. The number of aromatic nitrogens is 1. The predicted molar refractivity (Wildman–Crippen MR) is 62.4 cm³/mol. The van der Waals surface area contributed by atoms with E-state index in [1.165, 1.54) is 11.3 Å². The average Bonchev–Trinajstić information content (AvgIpc) is 2.70. The Hall–Kier alpha value is -0.610. The summed E-state index contributed by atoms with van der Waals surface area (Å²) in [5, 5.41) is 0.761. The fourth-order valence-electron chi connectivity index (χ4n) is 2.29. The molecule has 15 heavy (non-hydrogen) atoms. The molecule has 0 saturated heterocycles. The Morgan fingerprint density at radius 2 is 2.33 bits per heavy atom. The van der Waals surface area contributed by atoms with Crippen LogP contribution < -0.4 is 10.5 Å². The summed E-state index contributed by atoms with van der Waals surface area (Å²) in [7, 11) is 1.67. The Kier molecular flexibility index (Phi) is 3.26. The lowest BCUT2D eigenvalue weighted by atomic mass is 9.78. The lowest BCUT2D eigenvalue weighted by molar-refractivity contribution is 0.303. The first kappa shape index (κ1) is 10.9. The average molecular weight is 226 g/mol. The zero-order chi connectivity index (χ0) is 10.8. The van der Waals surface area contributed by atoms with Gasteiger partial charge in [-0.15, -0.1) is 0 Å². The van der Waals surface area contributed by atoms with Crippen LogP contribution in [0.2, 0.25) is 0 Å². The van der Waals surface area contributed by atoms with Gasteiger partial charge in [-0.3, -0.25) is 0 Å². The van der Waals surface area contributed by atoms with Gasteiger partial charge < -0.3 is 10.5 Å². The minimum absolute atomic E-state index is 0.360. The summed E-state index contributed by atoms with van der Waals surface area (Å²) in [6, 6.07) is 0.360. The molecule has 1 aliphatic rings. The molecule has 0 amide bonds. The Morgan fingerprint density at radius 3 is 3.00 bits per heavy atom. The van der Waals surface area contributed by atoms with Gasteiger partial charge in [0, 0.05) is 17.1 Å². The number of methoxy groups -OCH3 is 1. The van der Waals surface area contributed by atoms with E-state index in [2.05, 4.69) is 11.9 Å². The monoisotopic (exact) mass is 226 g/mol. The Balaban J connectivity index is 2.13. The third kappa shape index (κ3) is 2.32. The highest BCUT2D eigenvalue weighted by atomic mass is 32.1. The van der Waals surface area contributed by atoms with Gasteiger partial charge in [0.05, 0.1) is 7.11 Å². The van der Waals surface area contributed by atoms with Crippen LogP contribution in [0.25, 0.3) is 0 Å².